The van der Waals surface area contributed by atoms with Gasteiger partial charge in [0.15, 0.2) is 11.5 Å². The summed E-state index contributed by atoms with van der Waals surface area (Å²) in [4.78, 5) is 25.9. The van der Waals surface area contributed by atoms with E-state index in [1.807, 2.05) is 24.3 Å². The van der Waals surface area contributed by atoms with Gasteiger partial charge in [-0.15, -0.1) is 0 Å². The minimum atomic E-state index is -0.629. The number of halogens is 1. The highest BCUT2D eigenvalue weighted by molar-refractivity contribution is 9.10. The van der Waals surface area contributed by atoms with E-state index in [4.69, 9.17) is 18.9 Å². The molecule has 0 atom stereocenters. The van der Waals surface area contributed by atoms with Gasteiger partial charge in [-0.2, -0.15) is 0 Å². The fraction of sp³-hybridized carbons (Fsp3) is 0.231. The molecule has 0 aliphatic rings. The maximum absolute atomic E-state index is 13.0. The largest absolute Gasteiger partial charge is 0.497 e. The minimum Gasteiger partial charge on any atom is -0.497 e. The molecule has 0 fully saturated rings. The molecule has 0 spiro atoms. The van der Waals surface area contributed by atoms with Gasteiger partial charge in [-0.1, -0.05) is 22.0 Å². The van der Waals surface area contributed by atoms with Gasteiger partial charge >= 0.3 is 0 Å². The second-order valence-corrected chi connectivity index (χ2v) is 8.21. The molecule has 3 aromatic carbocycles. The summed E-state index contributed by atoms with van der Waals surface area (Å²) in [5.41, 5.74) is 2.53. The normalized spacial score (nSPS) is 10.5. The van der Waals surface area contributed by atoms with E-state index in [0.717, 1.165) is 22.0 Å². The number of rotatable bonds is 10. The van der Waals surface area contributed by atoms with Crippen LogP contribution < -0.4 is 18.9 Å². The van der Waals surface area contributed by atoms with E-state index in [9.17, 15) is 9.59 Å². The highest BCUT2D eigenvalue weighted by Gasteiger charge is 2.21. The van der Waals surface area contributed by atoms with Crippen molar-refractivity contribution in [2.45, 2.75) is 12.8 Å². The third-order valence-electron chi connectivity index (χ3n) is 5.19. The van der Waals surface area contributed by atoms with Crippen LogP contribution in [0.25, 0.3) is 0 Å². The lowest BCUT2D eigenvalue weighted by molar-refractivity contribution is 0.0816. The number of carbonyl (C=O) groups is 2. The van der Waals surface area contributed by atoms with Gasteiger partial charge in [0.25, 0.3) is 0 Å². The Morgan fingerprint density at radius 2 is 1.21 bits per heavy atom. The molecule has 0 aromatic heterocycles. The Morgan fingerprint density at radius 1 is 0.636 bits per heavy atom. The van der Waals surface area contributed by atoms with Crippen LogP contribution in [0.3, 0.4) is 0 Å². The Kier molecular flexibility index (Phi) is 8.11. The third-order valence-corrected chi connectivity index (χ3v) is 5.65. The second kappa shape index (κ2) is 11.0. The van der Waals surface area contributed by atoms with Gasteiger partial charge in [0.05, 0.1) is 28.4 Å². The van der Waals surface area contributed by atoms with Crippen LogP contribution >= 0.6 is 15.9 Å². The zero-order valence-electron chi connectivity index (χ0n) is 18.9. The smallest absolute Gasteiger partial charge is 0.233 e. The van der Waals surface area contributed by atoms with Gasteiger partial charge in [0.1, 0.15) is 11.5 Å². The Hall–Kier alpha value is -3.32. The van der Waals surface area contributed by atoms with Crippen LogP contribution in [0.1, 0.15) is 31.8 Å². The SMILES string of the molecule is COc1cc(OC)cc(C(=O)C(=O)c2cc(Br)cc(CCc3ccc(OC)c(OC)c3)c2)c1. The highest BCUT2D eigenvalue weighted by Crippen LogP contribution is 2.29. The molecule has 0 saturated heterocycles. The standard InChI is InChI=1S/C26H25BrO6/c1-30-21-13-19(14-22(15-21)31-2)26(29)25(28)18-9-17(10-20(27)12-18)6-5-16-7-8-23(32-3)24(11-16)33-4/h7-15H,5-6H2,1-4H3. The summed E-state index contributed by atoms with van der Waals surface area (Å²) < 4.78 is 21.8. The quantitative estimate of drug-likeness (QED) is 0.270. The molecule has 0 amide bonds. The van der Waals surface area contributed by atoms with Gasteiger partial charge in [-0.05, 0) is 66.4 Å². The van der Waals surface area contributed by atoms with Crippen molar-refractivity contribution < 1.29 is 28.5 Å². The summed E-state index contributed by atoms with van der Waals surface area (Å²) >= 11 is 3.46. The molecule has 0 N–H and O–H groups in total. The van der Waals surface area contributed by atoms with Crippen LogP contribution in [-0.2, 0) is 12.8 Å². The van der Waals surface area contributed by atoms with Gasteiger partial charge in [0, 0.05) is 21.7 Å². The average Bonchev–Trinajstić information content (AvgIpc) is 2.85. The molecule has 7 heteroatoms. The van der Waals surface area contributed by atoms with E-state index in [1.165, 1.54) is 26.4 Å². The predicted octanol–water partition coefficient (Wildman–Crippen LogP) is 5.33. The van der Waals surface area contributed by atoms with Gasteiger partial charge in [-0.3, -0.25) is 9.59 Å². The number of benzene rings is 3. The van der Waals surface area contributed by atoms with Crippen molar-refractivity contribution in [3.05, 3.63) is 81.3 Å². The van der Waals surface area contributed by atoms with Crippen LogP contribution in [0.15, 0.2) is 59.1 Å². The molecule has 0 bridgehead atoms. The monoisotopic (exact) mass is 512 g/mol. The lowest BCUT2D eigenvalue weighted by Crippen LogP contribution is -2.15. The molecule has 33 heavy (non-hydrogen) atoms. The summed E-state index contributed by atoms with van der Waals surface area (Å²) in [6, 6.07) is 15.8. The first-order chi connectivity index (χ1) is 15.9. The van der Waals surface area contributed by atoms with Crippen LogP contribution in [0.2, 0.25) is 0 Å². The maximum atomic E-state index is 13.0. The lowest BCUT2D eigenvalue weighted by atomic mass is 9.97. The number of carbonyl (C=O) groups excluding carboxylic acids is 2. The van der Waals surface area contributed by atoms with E-state index in [0.29, 0.717) is 35.0 Å². The molecule has 0 radical (unpaired) electrons. The summed E-state index contributed by atoms with van der Waals surface area (Å²) in [5.74, 6) is 0.990. The molecule has 0 heterocycles. The fourth-order valence-electron chi connectivity index (χ4n) is 3.45. The maximum Gasteiger partial charge on any atom is 0.233 e. The number of methoxy groups -OCH3 is 4. The summed E-state index contributed by atoms with van der Waals surface area (Å²) in [5, 5.41) is 0. The van der Waals surface area contributed by atoms with Crippen LogP contribution in [-0.4, -0.2) is 40.0 Å². The van der Waals surface area contributed by atoms with Crippen LogP contribution in [0, 0.1) is 0 Å². The molecule has 0 aliphatic heterocycles. The molecule has 0 unspecified atom stereocenters. The molecule has 0 saturated carbocycles. The van der Waals surface area contributed by atoms with Gasteiger partial charge in [-0.25, -0.2) is 0 Å². The first-order valence-electron chi connectivity index (χ1n) is 10.2. The Labute approximate surface area is 201 Å². The molecular formula is C26H25BrO6. The molecule has 0 aliphatic carbocycles. The van der Waals surface area contributed by atoms with Gasteiger partial charge in [0.2, 0.25) is 11.6 Å². The molecular weight excluding hydrogens is 488 g/mol. The van der Waals surface area contributed by atoms with Crippen molar-refractivity contribution in [3.8, 4) is 23.0 Å². The zero-order chi connectivity index (χ0) is 24.0. The van der Waals surface area contributed by atoms with Crippen molar-refractivity contribution in [1.29, 1.82) is 0 Å². The van der Waals surface area contributed by atoms with Crippen molar-refractivity contribution in [2.75, 3.05) is 28.4 Å². The first-order valence-corrected chi connectivity index (χ1v) is 11.0. The lowest BCUT2D eigenvalue weighted by Gasteiger charge is -2.11. The van der Waals surface area contributed by atoms with E-state index < -0.39 is 11.6 Å². The summed E-state index contributed by atoms with van der Waals surface area (Å²) in [6.45, 7) is 0. The number of ether oxygens (including phenoxy) is 4. The second-order valence-electron chi connectivity index (χ2n) is 7.30. The Morgan fingerprint density at radius 3 is 1.79 bits per heavy atom. The van der Waals surface area contributed by atoms with E-state index in [2.05, 4.69) is 15.9 Å². The summed E-state index contributed by atoms with van der Waals surface area (Å²) in [6.07, 6.45) is 1.40. The molecule has 172 valence electrons. The highest BCUT2D eigenvalue weighted by atomic mass is 79.9. The number of ketones is 2. The number of hydrogen-bond acceptors (Lipinski definition) is 6. The van der Waals surface area contributed by atoms with Crippen molar-refractivity contribution in [2.24, 2.45) is 0 Å². The molecule has 3 rings (SSSR count). The van der Waals surface area contributed by atoms with E-state index >= 15 is 0 Å². The third kappa shape index (κ3) is 5.93. The average molecular weight is 513 g/mol. The van der Waals surface area contributed by atoms with Crippen molar-refractivity contribution >= 4 is 27.5 Å². The van der Waals surface area contributed by atoms with Crippen LogP contribution in [0.5, 0.6) is 23.0 Å². The predicted molar refractivity (Wildman–Crippen MR) is 129 cm³/mol. The Bertz CT molecular complexity index is 1150. The zero-order valence-corrected chi connectivity index (χ0v) is 20.5. The number of Topliss-reactive ketones (excluding diaryl/α,β-unsaturated/α-hetero) is 2. The van der Waals surface area contributed by atoms with Gasteiger partial charge < -0.3 is 18.9 Å². The topological polar surface area (TPSA) is 71.1 Å². The molecule has 3 aromatic rings. The molecule has 6 nitrogen and oxygen atoms in total. The number of hydrogen-bond donors (Lipinski definition) is 0. The van der Waals surface area contributed by atoms with E-state index in [-0.39, 0.29) is 5.56 Å². The minimum absolute atomic E-state index is 0.211. The van der Waals surface area contributed by atoms with Crippen LogP contribution in [0.4, 0.5) is 0 Å². The van der Waals surface area contributed by atoms with Crippen molar-refractivity contribution in [1.82, 2.24) is 0 Å². The first kappa shape index (κ1) is 24.3. The Balaban J connectivity index is 1.81. The van der Waals surface area contributed by atoms with Crippen molar-refractivity contribution in [3.63, 3.8) is 0 Å². The fourth-order valence-corrected chi connectivity index (χ4v) is 3.99. The number of aryl methyl sites for hydroxylation is 2. The van der Waals surface area contributed by atoms with E-state index in [1.54, 1.807) is 32.4 Å². The summed E-state index contributed by atoms with van der Waals surface area (Å²) in [7, 11) is 6.18.